The SMILES string of the molecule is CCCCOCCOC(=O)N(C)C(C)C. The van der Waals surface area contributed by atoms with Crippen molar-refractivity contribution in [2.75, 3.05) is 26.9 Å². The van der Waals surface area contributed by atoms with Crippen LogP contribution in [0.15, 0.2) is 0 Å². The van der Waals surface area contributed by atoms with E-state index in [2.05, 4.69) is 6.92 Å². The molecule has 0 aromatic heterocycles. The number of hydrogen-bond donors (Lipinski definition) is 0. The minimum absolute atomic E-state index is 0.165. The van der Waals surface area contributed by atoms with Gasteiger partial charge in [-0.15, -0.1) is 0 Å². The van der Waals surface area contributed by atoms with E-state index in [0.717, 1.165) is 19.4 Å². The zero-order valence-electron chi connectivity index (χ0n) is 10.3. The Morgan fingerprint density at radius 1 is 1.27 bits per heavy atom. The smallest absolute Gasteiger partial charge is 0.409 e. The Labute approximate surface area is 92.5 Å². The molecule has 0 unspecified atom stereocenters. The van der Waals surface area contributed by atoms with E-state index in [1.165, 1.54) is 0 Å². The second-order valence-corrected chi connectivity index (χ2v) is 3.78. The van der Waals surface area contributed by atoms with E-state index in [1.54, 1.807) is 11.9 Å². The number of nitrogens with zero attached hydrogens (tertiary/aromatic N) is 1. The summed E-state index contributed by atoms with van der Waals surface area (Å²) in [5.74, 6) is 0. The van der Waals surface area contributed by atoms with Gasteiger partial charge in [0, 0.05) is 19.7 Å². The van der Waals surface area contributed by atoms with Crippen molar-refractivity contribution in [2.24, 2.45) is 0 Å². The van der Waals surface area contributed by atoms with Gasteiger partial charge in [-0.05, 0) is 20.3 Å². The van der Waals surface area contributed by atoms with Crippen molar-refractivity contribution in [3.05, 3.63) is 0 Å². The minimum atomic E-state index is -0.288. The highest BCUT2D eigenvalue weighted by molar-refractivity contribution is 5.67. The van der Waals surface area contributed by atoms with Gasteiger partial charge in [-0.1, -0.05) is 13.3 Å². The highest BCUT2D eigenvalue weighted by Crippen LogP contribution is 1.97. The molecule has 0 spiro atoms. The molecule has 0 aromatic rings. The van der Waals surface area contributed by atoms with Crippen LogP contribution in [-0.2, 0) is 9.47 Å². The fourth-order valence-corrected chi connectivity index (χ4v) is 0.849. The van der Waals surface area contributed by atoms with Gasteiger partial charge in [-0.2, -0.15) is 0 Å². The van der Waals surface area contributed by atoms with E-state index in [1.807, 2.05) is 13.8 Å². The summed E-state index contributed by atoms with van der Waals surface area (Å²) in [7, 11) is 1.73. The fraction of sp³-hybridized carbons (Fsp3) is 0.909. The summed E-state index contributed by atoms with van der Waals surface area (Å²) in [6.07, 6.45) is 1.89. The largest absolute Gasteiger partial charge is 0.447 e. The van der Waals surface area contributed by atoms with Crippen LogP contribution in [0.1, 0.15) is 33.6 Å². The second kappa shape index (κ2) is 8.53. The van der Waals surface area contributed by atoms with Gasteiger partial charge in [-0.25, -0.2) is 4.79 Å². The Hall–Kier alpha value is -0.770. The summed E-state index contributed by atoms with van der Waals surface area (Å²) in [6.45, 7) is 7.56. The summed E-state index contributed by atoms with van der Waals surface area (Å²) in [5, 5.41) is 0. The number of rotatable bonds is 7. The number of carbonyl (C=O) groups excluding carboxylic acids is 1. The molecule has 0 bridgehead atoms. The molecule has 0 aliphatic carbocycles. The molecule has 0 saturated heterocycles. The Balaban J connectivity index is 3.39. The van der Waals surface area contributed by atoms with Gasteiger partial charge < -0.3 is 14.4 Å². The van der Waals surface area contributed by atoms with E-state index in [0.29, 0.717) is 13.2 Å². The zero-order valence-corrected chi connectivity index (χ0v) is 10.3. The van der Waals surface area contributed by atoms with Crippen molar-refractivity contribution in [1.82, 2.24) is 4.90 Å². The van der Waals surface area contributed by atoms with Crippen LogP contribution in [0.3, 0.4) is 0 Å². The molecule has 0 aliphatic heterocycles. The zero-order chi connectivity index (χ0) is 11.7. The van der Waals surface area contributed by atoms with Gasteiger partial charge in [0.15, 0.2) is 0 Å². The first-order valence-corrected chi connectivity index (χ1v) is 5.57. The second-order valence-electron chi connectivity index (χ2n) is 3.78. The van der Waals surface area contributed by atoms with E-state index in [9.17, 15) is 4.79 Å². The van der Waals surface area contributed by atoms with Gasteiger partial charge in [0.25, 0.3) is 0 Å². The van der Waals surface area contributed by atoms with Crippen molar-refractivity contribution in [3.63, 3.8) is 0 Å². The summed E-state index contributed by atoms with van der Waals surface area (Å²) in [4.78, 5) is 12.9. The summed E-state index contributed by atoms with van der Waals surface area (Å²) < 4.78 is 10.3. The highest BCUT2D eigenvalue weighted by atomic mass is 16.6. The van der Waals surface area contributed by atoms with Crippen LogP contribution in [-0.4, -0.2) is 43.9 Å². The van der Waals surface area contributed by atoms with Crippen LogP contribution in [0.25, 0.3) is 0 Å². The first kappa shape index (κ1) is 14.2. The average molecular weight is 217 g/mol. The maximum Gasteiger partial charge on any atom is 0.409 e. The lowest BCUT2D eigenvalue weighted by molar-refractivity contribution is 0.0538. The van der Waals surface area contributed by atoms with Crippen LogP contribution in [0, 0.1) is 0 Å². The molecule has 15 heavy (non-hydrogen) atoms. The Morgan fingerprint density at radius 3 is 2.47 bits per heavy atom. The maximum atomic E-state index is 11.3. The van der Waals surface area contributed by atoms with Gasteiger partial charge >= 0.3 is 6.09 Å². The van der Waals surface area contributed by atoms with Crippen molar-refractivity contribution >= 4 is 6.09 Å². The number of ether oxygens (including phenoxy) is 2. The highest BCUT2D eigenvalue weighted by Gasteiger charge is 2.12. The Bertz CT molecular complexity index is 171. The summed E-state index contributed by atoms with van der Waals surface area (Å²) >= 11 is 0. The molecule has 0 fully saturated rings. The van der Waals surface area contributed by atoms with E-state index in [4.69, 9.17) is 9.47 Å². The molecule has 0 aliphatic rings. The lowest BCUT2D eigenvalue weighted by atomic mass is 10.4. The molecular formula is C11H23NO3. The Kier molecular flexibility index (Phi) is 8.09. The average Bonchev–Trinajstić information content (AvgIpc) is 2.21. The minimum Gasteiger partial charge on any atom is -0.447 e. The third-order valence-corrected chi connectivity index (χ3v) is 2.16. The van der Waals surface area contributed by atoms with E-state index >= 15 is 0 Å². The molecule has 4 nitrogen and oxygen atoms in total. The van der Waals surface area contributed by atoms with Crippen molar-refractivity contribution < 1.29 is 14.3 Å². The molecule has 0 N–H and O–H groups in total. The molecule has 0 atom stereocenters. The van der Waals surface area contributed by atoms with E-state index in [-0.39, 0.29) is 12.1 Å². The molecule has 0 radical (unpaired) electrons. The first-order chi connectivity index (χ1) is 7.09. The first-order valence-electron chi connectivity index (χ1n) is 5.57. The molecule has 4 heteroatoms. The quantitative estimate of drug-likeness (QED) is 0.614. The topological polar surface area (TPSA) is 38.8 Å². The number of unbranched alkanes of at least 4 members (excludes halogenated alkanes) is 1. The number of hydrogen-bond acceptors (Lipinski definition) is 3. The molecule has 0 aromatic carbocycles. The van der Waals surface area contributed by atoms with Crippen LogP contribution < -0.4 is 0 Å². The molecule has 90 valence electrons. The molecule has 0 rings (SSSR count). The third kappa shape index (κ3) is 7.19. The maximum absolute atomic E-state index is 11.3. The third-order valence-electron chi connectivity index (χ3n) is 2.16. The standard InChI is InChI=1S/C11H23NO3/c1-5-6-7-14-8-9-15-11(13)12(4)10(2)3/h10H,5-9H2,1-4H3. The monoisotopic (exact) mass is 217 g/mol. The number of amides is 1. The van der Waals surface area contributed by atoms with Crippen molar-refractivity contribution in [2.45, 2.75) is 39.7 Å². The lowest BCUT2D eigenvalue weighted by Crippen LogP contribution is -2.34. The van der Waals surface area contributed by atoms with Crippen molar-refractivity contribution in [1.29, 1.82) is 0 Å². The van der Waals surface area contributed by atoms with Gasteiger partial charge in [0.2, 0.25) is 0 Å². The van der Waals surface area contributed by atoms with Crippen LogP contribution >= 0.6 is 0 Å². The van der Waals surface area contributed by atoms with Crippen LogP contribution in [0.2, 0.25) is 0 Å². The predicted octanol–water partition coefficient (Wildman–Crippen LogP) is 2.28. The van der Waals surface area contributed by atoms with Crippen LogP contribution in [0.5, 0.6) is 0 Å². The van der Waals surface area contributed by atoms with E-state index < -0.39 is 0 Å². The van der Waals surface area contributed by atoms with Crippen molar-refractivity contribution in [3.8, 4) is 0 Å². The lowest BCUT2D eigenvalue weighted by Gasteiger charge is -2.20. The Morgan fingerprint density at radius 2 is 1.93 bits per heavy atom. The van der Waals surface area contributed by atoms with Gasteiger partial charge in [0.05, 0.1) is 6.61 Å². The van der Waals surface area contributed by atoms with Crippen LogP contribution in [0.4, 0.5) is 4.79 Å². The molecule has 0 saturated carbocycles. The predicted molar refractivity (Wildman–Crippen MR) is 60.0 cm³/mol. The normalized spacial score (nSPS) is 10.5. The summed E-state index contributed by atoms with van der Waals surface area (Å²) in [6, 6.07) is 0.165. The summed E-state index contributed by atoms with van der Waals surface area (Å²) in [5.41, 5.74) is 0. The molecule has 0 heterocycles. The van der Waals surface area contributed by atoms with Gasteiger partial charge in [0.1, 0.15) is 6.61 Å². The number of carbonyl (C=O) groups is 1. The molecular weight excluding hydrogens is 194 g/mol. The fourth-order valence-electron chi connectivity index (χ4n) is 0.849. The molecule has 1 amide bonds. The van der Waals surface area contributed by atoms with Gasteiger partial charge in [-0.3, -0.25) is 0 Å².